The maximum absolute atomic E-state index is 12.6. The van der Waals surface area contributed by atoms with Crippen LogP contribution >= 0.6 is 0 Å². The maximum Gasteiger partial charge on any atom is 0.265 e. The summed E-state index contributed by atoms with van der Waals surface area (Å²) in [6.45, 7) is 12.1. The molecular weight excluding hydrogens is 228 g/mol. The zero-order chi connectivity index (χ0) is 13.7. The molecule has 98 valence electrons. The maximum atomic E-state index is 12.6. The monoisotopic (exact) mass is 248 g/mol. The van der Waals surface area contributed by atoms with Gasteiger partial charge >= 0.3 is 0 Å². The molecule has 2 rings (SSSR count). The first-order chi connectivity index (χ1) is 8.12. The van der Waals surface area contributed by atoms with Crippen molar-refractivity contribution < 1.29 is 4.42 Å². The number of fused-ring (bicyclic) bond motifs is 1. The van der Waals surface area contributed by atoms with Crippen molar-refractivity contribution >= 4 is 11.1 Å². The Balaban J connectivity index is 2.85. The topological polar surface area (TPSA) is 48.0 Å². The second-order valence-corrected chi connectivity index (χ2v) is 6.67. The Labute approximate surface area is 107 Å². The van der Waals surface area contributed by atoms with Gasteiger partial charge in [-0.05, 0) is 26.2 Å². The zero-order valence-corrected chi connectivity index (χ0v) is 11.9. The van der Waals surface area contributed by atoms with Crippen LogP contribution in [0.5, 0.6) is 0 Å². The molecular formula is C14H20N2O2. The second-order valence-electron chi connectivity index (χ2n) is 6.67. The van der Waals surface area contributed by atoms with Gasteiger partial charge in [-0.1, -0.05) is 20.8 Å². The summed E-state index contributed by atoms with van der Waals surface area (Å²) in [6, 6.07) is 0. The summed E-state index contributed by atoms with van der Waals surface area (Å²) in [5.74, 6) is 0. The van der Waals surface area contributed by atoms with E-state index in [1.54, 1.807) is 17.2 Å². The highest BCUT2D eigenvalue weighted by molar-refractivity contribution is 5.77. The second kappa shape index (κ2) is 3.70. The van der Waals surface area contributed by atoms with Crippen LogP contribution in [-0.4, -0.2) is 9.55 Å². The van der Waals surface area contributed by atoms with Crippen molar-refractivity contribution in [2.45, 2.75) is 52.5 Å². The minimum Gasteiger partial charge on any atom is -0.446 e. The molecule has 0 amide bonds. The minimum absolute atomic E-state index is 0.0359. The van der Waals surface area contributed by atoms with E-state index in [1.807, 2.05) is 20.8 Å². The van der Waals surface area contributed by atoms with Gasteiger partial charge in [-0.2, -0.15) is 0 Å². The van der Waals surface area contributed by atoms with Crippen LogP contribution in [0, 0.1) is 0 Å². The Hall–Kier alpha value is -1.58. The van der Waals surface area contributed by atoms with Crippen LogP contribution in [0.25, 0.3) is 11.1 Å². The third-order valence-corrected chi connectivity index (χ3v) is 3.03. The average Bonchev–Trinajstić information content (AvgIpc) is 2.59. The summed E-state index contributed by atoms with van der Waals surface area (Å²) in [6.07, 6.45) is 3.20. The Morgan fingerprint density at radius 2 is 1.78 bits per heavy atom. The van der Waals surface area contributed by atoms with Crippen LogP contribution in [0.4, 0.5) is 0 Å². The van der Waals surface area contributed by atoms with Crippen molar-refractivity contribution in [3.63, 3.8) is 0 Å². The molecule has 2 aromatic rings. The molecule has 0 aromatic carbocycles. The highest BCUT2D eigenvalue weighted by Gasteiger charge is 2.25. The Morgan fingerprint density at radius 3 is 2.28 bits per heavy atom. The van der Waals surface area contributed by atoms with Crippen molar-refractivity contribution in [3.05, 3.63) is 28.5 Å². The highest BCUT2D eigenvalue weighted by Crippen LogP contribution is 2.29. The lowest BCUT2D eigenvalue weighted by Gasteiger charge is -2.22. The van der Waals surface area contributed by atoms with E-state index in [0.717, 1.165) is 5.56 Å². The number of nitrogens with zero attached hydrogens (tertiary/aromatic N) is 2. The van der Waals surface area contributed by atoms with E-state index in [2.05, 4.69) is 25.8 Å². The van der Waals surface area contributed by atoms with Gasteiger partial charge in [-0.25, -0.2) is 4.98 Å². The van der Waals surface area contributed by atoms with Crippen LogP contribution in [0.15, 0.2) is 21.8 Å². The predicted molar refractivity (Wildman–Crippen MR) is 72.0 cm³/mol. The molecule has 0 aliphatic rings. The fraction of sp³-hybridized carbons (Fsp3) is 0.571. The summed E-state index contributed by atoms with van der Waals surface area (Å²) in [5, 5.41) is 0.597. The lowest BCUT2D eigenvalue weighted by molar-refractivity contribution is 0.380. The lowest BCUT2D eigenvalue weighted by Crippen LogP contribution is -2.34. The molecule has 18 heavy (non-hydrogen) atoms. The van der Waals surface area contributed by atoms with Gasteiger partial charge in [0.1, 0.15) is 11.7 Å². The number of furan rings is 1. The first-order valence-corrected chi connectivity index (χ1v) is 6.12. The van der Waals surface area contributed by atoms with E-state index >= 15 is 0 Å². The Bertz CT molecular complexity index is 636. The Kier molecular flexibility index (Phi) is 2.65. The van der Waals surface area contributed by atoms with Gasteiger partial charge in [0.05, 0.1) is 6.26 Å². The summed E-state index contributed by atoms with van der Waals surface area (Å²) in [4.78, 5) is 16.8. The third-order valence-electron chi connectivity index (χ3n) is 3.03. The van der Waals surface area contributed by atoms with Crippen LogP contribution in [0.1, 0.15) is 47.1 Å². The summed E-state index contributed by atoms with van der Waals surface area (Å²) < 4.78 is 7.05. The third kappa shape index (κ3) is 1.96. The number of hydrogen-bond donors (Lipinski definition) is 0. The first-order valence-electron chi connectivity index (χ1n) is 6.12. The molecule has 0 saturated carbocycles. The van der Waals surface area contributed by atoms with Crippen molar-refractivity contribution in [3.8, 4) is 0 Å². The minimum atomic E-state index is -0.287. The van der Waals surface area contributed by atoms with E-state index in [0.29, 0.717) is 11.1 Å². The van der Waals surface area contributed by atoms with Crippen molar-refractivity contribution in [2.24, 2.45) is 0 Å². The van der Waals surface area contributed by atoms with Gasteiger partial charge in [0, 0.05) is 11.1 Å². The fourth-order valence-electron chi connectivity index (χ4n) is 1.96. The molecule has 0 N–H and O–H groups in total. The van der Waals surface area contributed by atoms with E-state index in [1.165, 1.54) is 0 Å². The lowest BCUT2D eigenvalue weighted by atomic mass is 9.87. The largest absolute Gasteiger partial charge is 0.446 e. The van der Waals surface area contributed by atoms with E-state index in [-0.39, 0.29) is 16.5 Å². The molecule has 0 bridgehead atoms. The van der Waals surface area contributed by atoms with Gasteiger partial charge in [0.2, 0.25) is 5.71 Å². The number of hydrogen-bond acceptors (Lipinski definition) is 3. The first kappa shape index (κ1) is 12.9. The van der Waals surface area contributed by atoms with E-state index < -0.39 is 0 Å². The van der Waals surface area contributed by atoms with Gasteiger partial charge in [0.25, 0.3) is 5.56 Å². The zero-order valence-electron chi connectivity index (χ0n) is 11.9. The molecule has 4 nitrogen and oxygen atoms in total. The van der Waals surface area contributed by atoms with Gasteiger partial charge in [0.15, 0.2) is 0 Å². The molecule has 2 heterocycles. The SMILES string of the molecule is CC(C)(C)c1coc2ncn(C(C)(C)C)c(=O)c12. The molecule has 0 radical (unpaired) electrons. The van der Waals surface area contributed by atoms with E-state index in [4.69, 9.17) is 4.42 Å². The molecule has 4 heteroatoms. The Morgan fingerprint density at radius 1 is 1.17 bits per heavy atom. The summed E-state index contributed by atoms with van der Waals surface area (Å²) in [7, 11) is 0. The highest BCUT2D eigenvalue weighted by atomic mass is 16.3. The summed E-state index contributed by atoms with van der Waals surface area (Å²) >= 11 is 0. The molecule has 0 saturated heterocycles. The van der Waals surface area contributed by atoms with Gasteiger partial charge in [-0.3, -0.25) is 9.36 Å². The van der Waals surface area contributed by atoms with Gasteiger partial charge < -0.3 is 4.42 Å². The molecule has 0 fully saturated rings. The molecule has 0 spiro atoms. The fourth-order valence-corrected chi connectivity index (χ4v) is 1.96. The smallest absolute Gasteiger partial charge is 0.265 e. The van der Waals surface area contributed by atoms with Crippen molar-refractivity contribution in [2.75, 3.05) is 0 Å². The quantitative estimate of drug-likeness (QED) is 0.720. The van der Waals surface area contributed by atoms with E-state index in [9.17, 15) is 4.79 Å². The van der Waals surface area contributed by atoms with Crippen LogP contribution in [0.3, 0.4) is 0 Å². The van der Waals surface area contributed by atoms with Gasteiger partial charge in [-0.15, -0.1) is 0 Å². The molecule has 0 unspecified atom stereocenters. The van der Waals surface area contributed by atoms with Crippen molar-refractivity contribution in [1.29, 1.82) is 0 Å². The molecule has 2 aromatic heterocycles. The standard InChI is InChI=1S/C14H20N2O2/c1-13(2,3)9-7-18-11-10(9)12(17)16(8-15-11)14(4,5)6/h7-8H,1-6H3. The molecule has 0 atom stereocenters. The van der Waals surface area contributed by atoms with Crippen molar-refractivity contribution in [1.82, 2.24) is 9.55 Å². The normalized spacial score (nSPS) is 13.2. The average molecular weight is 248 g/mol. The summed E-state index contributed by atoms with van der Waals surface area (Å²) in [5.41, 5.74) is 0.874. The van der Waals surface area contributed by atoms with Crippen LogP contribution in [0.2, 0.25) is 0 Å². The number of aromatic nitrogens is 2. The number of rotatable bonds is 0. The van der Waals surface area contributed by atoms with Crippen LogP contribution < -0.4 is 5.56 Å². The predicted octanol–water partition coefficient (Wildman–Crippen LogP) is 3.04. The van der Waals surface area contributed by atoms with Crippen LogP contribution in [-0.2, 0) is 11.0 Å². The molecule has 0 aliphatic carbocycles. The molecule has 0 aliphatic heterocycles.